The Bertz CT molecular complexity index is 449. The van der Waals surface area contributed by atoms with Crippen molar-refractivity contribution in [1.29, 1.82) is 0 Å². The molecule has 3 unspecified atom stereocenters. The standard InChI is InChI=1S/C13H26N2O6S/c14-10(6-9-4-2-1-3-5-9)13(19)11(16)8-22(20,21)15-7-12(17)18/h9-11,13,15-16,19H,1-8,14H2,(H,17,18). The topological polar surface area (TPSA) is 150 Å². The lowest BCUT2D eigenvalue weighted by Crippen LogP contribution is -2.48. The van der Waals surface area contributed by atoms with Crippen molar-refractivity contribution >= 4 is 16.0 Å². The number of aliphatic hydroxyl groups excluding tert-OH is 2. The normalized spacial score (nSPS) is 21.2. The predicted octanol–water partition coefficient (Wildman–Crippen LogP) is -0.990. The van der Waals surface area contributed by atoms with Crippen LogP contribution in [0.15, 0.2) is 0 Å². The molecule has 0 aromatic carbocycles. The summed E-state index contributed by atoms with van der Waals surface area (Å²) < 4.78 is 25.0. The Morgan fingerprint density at radius 3 is 2.36 bits per heavy atom. The van der Waals surface area contributed by atoms with E-state index in [9.17, 15) is 23.4 Å². The van der Waals surface area contributed by atoms with Crippen molar-refractivity contribution in [2.45, 2.75) is 56.8 Å². The van der Waals surface area contributed by atoms with Crippen LogP contribution >= 0.6 is 0 Å². The molecule has 0 aromatic heterocycles. The molecular formula is C13H26N2O6S. The van der Waals surface area contributed by atoms with Crippen molar-refractivity contribution in [3.05, 3.63) is 0 Å². The molecule has 1 aliphatic carbocycles. The zero-order valence-electron chi connectivity index (χ0n) is 12.5. The molecule has 9 heteroatoms. The molecule has 0 aliphatic heterocycles. The average molecular weight is 338 g/mol. The van der Waals surface area contributed by atoms with Gasteiger partial charge in [-0.05, 0) is 12.3 Å². The third kappa shape index (κ3) is 7.01. The molecule has 0 bridgehead atoms. The Kier molecular flexibility index (Phi) is 7.70. The Morgan fingerprint density at radius 1 is 1.23 bits per heavy atom. The van der Waals surface area contributed by atoms with Gasteiger partial charge in [0.05, 0.1) is 18.0 Å². The third-order valence-corrected chi connectivity index (χ3v) is 5.36. The summed E-state index contributed by atoms with van der Waals surface area (Å²) in [5.41, 5.74) is 5.87. The van der Waals surface area contributed by atoms with Gasteiger partial charge in [-0.25, -0.2) is 13.1 Å². The molecule has 130 valence electrons. The summed E-state index contributed by atoms with van der Waals surface area (Å²) in [6.07, 6.45) is 3.16. The van der Waals surface area contributed by atoms with Gasteiger partial charge in [0.2, 0.25) is 10.0 Å². The van der Waals surface area contributed by atoms with Gasteiger partial charge in [0.1, 0.15) is 6.54 Å². The lowest BCUT2D eigenvalue weighted by Gasteiger charge is -2.29. The number of carboxylic acids is 1. The maximum Gasteiger partial charge on any atom is 0.318 e. The molecule has 8 nitrogen and oxygen atoms in total. The van der Waals surface area contributed by atoms with E-state index < -0.39 is 46.5 Å². The Labute approximate surface area is 130 Å². The Balaban J connectivity index is 2.45. The minimum Gasteiger partial charge on any atom is -0.480 e. The lowest BCUT2D eigenvalue weighted by atomic mass is 9.83. The van der Waals surface area contributed by atoms with Gasteiger partial charge < -0.3 is 21.1 Å². The summed E-state index contributed by atoms with van der Waals surface area (Å²) in [4.78, 5) is 10.3. The number of aliphatic carboxylic acids is 1. The zero-order chi connectivity index (χ0) is 16.8. The molecule has 0 saturated heterocycles. The van der Waals surface area contributed by atoms with E-state index in [1.807, 2.05) is 4.72 Å². The quantitative estimate of drug-likeness (QED) is 0.362. The smallest absolute Gasteiger partial charge is 0.318 e. The van der Waals surface area contributed by atoms with Gasteiger partial charge in [0.25, 0.3) is 0 Å². The fourth-order valence-corrected chi connectivity index (χ4v) is 3.89. The van der Waals surface area contributed by atoms with E-state index >= 15 is 0 Å². The second-order valence-corrected chi connectivity index (χ2v) is 7.81. The van der Waals surface area contributed by atoms with Crippen molar-refractivity contribution in [3.8, 4) is 0 Å². The maximum absolute atomic E-state index is 11.6. The Morgan fingerprint density at radius 2 is 1.82 bits per heavy atom. The van der Waals surface area contributed by atoms with E-state index in [2.05, 4.69) is 0 Å². The van der Waals surface area contributed by atoms with Gasteiger partial charge >= 0.3 is 5.97 Å². The molecule has 1 fully saturated rings. The van der Waals surface area contributed by atoms with Crippen molar-refractivity contribution in [2.75, 3.05) is 12.3 Å². The van der Waals surface area contributed by atoms with Gasteiger partial charge in [-0.3, -0.25) is 4.79 Å². The van der Waals surface area contributed by atoms with Gasteiger partial charge in [-0.1, -0.05) is 32.1 Å². The molecule has 0 radical (unpaired) electrons. The highest BCUT2D eigenvalue weighted by atomic mass is 32.2. The van der Waals surface area contributed by atoms with E-state index in [4.69, 9.17) is 10.8 Å². The number of aliphatic hydroxyl groups is 2. The molecule has 0 amide bonds. The van der Waals surface area contributed by atoms with Crippen LogP contribution < -0.4 is 10.5 Å². The highest BCUT2D eigenvalue weighted by Crippen LogP contribution is 2.27. The summed E-state index contributed by atoms with van der Waals surface area (Å²) in [5.74, 6) is -1.71. The van der Waals surface area contributed by atoms with Gasteiger partial charge in [0, 0.05) is 6.04 Å². The fraction of sp³-hybridized carbons (Fsp3) is 0.923. The van der Waals surface area contributed by atoms with Crippen LogP contribution in [-0.4, -0.2) is 60.3 Å². The first-order valence-corrected chi connectivity index (χ1v) is 9.17. The van der Waals surface area contributed by atoms with E-state index in [1.165, 1.54) is 6.42 Å². The molecule has 0 aromatic rings. The van der Waals surface area contributed by atoms with Crippen LogP contribution in [0.25, 0.3) is 0 Å². The number of nitrogens with one attached hydrogen (secondary N) is 1. The third-order valence-electron chi connectivity index (χ3n) is 4.00. The predicted molar refractivity (Wildman–Crippen MR) is 80.6 cm³/mol. The van der Waals surface area contributed by atoms with Crippen molar-refractivity contribution in [2.24, 2.45) is 11.7 Å². The summed E-state index contributed by atoms with van der Waals surface area (Å²) in [5, 5.41) is 28.2. The van der Waals surface area contributed by atoms with E-state index in [0.29, 0.717) is 12.3 Å². The molecule has 0 spiro atoms. The first-order chi connectivity index (χ1) is 10.2. The number of nitrogens with two attached hydrogens (primary N) is 1. The highest BCUT2D eigenvalue weighted by Gasteiger charge is 2.30. The fourth-order valence-electron chi connectivity index (χ4n) is 2.79. The van der Waals surface area contributed by atoms with Crippen LogP contribution in [0.4, 0.5) is 0 Å². The number of hydrogen-bond donors (Lipinski definition) is 5. The van der Waals surface area contributed by atoms with Crippen LogP contribution in [-0.2, 0) is 14.8 Å². The first kappa shape index (κ1) is 19.3. The summed E-state index contributed by atoms with van der Waals surface area (Å²) >= 11 is 0. The van der Waals surface area contributed by atoms with E-state index in [0.717, 1.165) is 25.7 Å². The maximum atomic E-state index is 11.6. The largest absolute Gasteiger partial charge is 0.480 e. The number of rotatable bonds is 9. The second-order valence-electron chi connectivity index (χ2n) is 5.96. The second kappa shape index (κ2) is 8.78. The summed E-state index contributed by atoms with van der Waals surface area (Å²) in [7, 11) is -3.98. The molecular weight excluding hydrogens is 312 g/mol. The zero-order valence-corrected chi connectivity index (χ0v) is 13.3. The van der Waals surface area contributed by atoms with Crippen LogP contribution in [0.5, 0.6) is 0 Å². The molecule has 1 rings (SSSR count). The first-order valence-electron chi connectivity index (χ1n) is 7.52. The van der Waals surface area contributed by atoms with Crippen LogP contribution in [0.3, 0.4) is 0 Å². The molecule has 1 aliphatic rings. The van der Waals surface area contributed by atoms with Gasteiger partial charge in [-0.15, -0.1) is 0 Å². The highest BCUT2D eigenvalue weighted by molar-refractivity contribution is 7.89. The molecule has 1 saturated carbocycles. The average Bonchev–Trinajstić information content (AvgIpc) is 2.45. The summed E-state index contributed by atoms with van der Waals surface area (Å²) in [6, 6.07) is -0.701. The number of carboxylic acid groups (broad SMARTS) is 1. The minimum absolute atomic E-state index is 0.396. The molecule has 3 atom stereocenters. The number of hydrogen-bond acceptors (Lipinski definition) is 6. The number of carbonyl (C=O) groups is 1. The Hall–Kier alpha value is -0.740. The SMILES string of the molecule is NC(CC1CCCCC1)C(O)C(O)CS(=O)(=O)NCC(=O)O. The number of sulfonamides is 1. The van der Waals surface area contributed by atoms with Crippen molar-refractivity contribution in [3.63, 3.8) is 0 Å². The van der Waals surface area contributed by atoms with Gasteiger partial charge in [0.15, 0.2) is 0 Å². The van der Waals surface area contributed by atoms with Crippen LogP contribution in [0.2, 0.25) is 0 Å². The molecule has 22 heavy (non-hydrogen) atoms. The molecule has 6 N–H and O–H groups in total. The minimum atomic E-state index is -3.98. The van der Waals surface area contributed by atoms with Crippen molar-refractivity contribution in [1.82, 2.24) is 4.72 Å². The van der Waals surface area contributed by atoms with Gasteiger partial charge in [-0.2, -0.15) is 0 Å². The van der Waals surface area contributed by atoms with Crippen LogP contribution in [0, 0.1) is 5.92 Å². The lowest BCUT2D eigenvalue weighted by molar-refractivity contribution is -0.135. The summed E-state index contributed by atoms with van der Waals surface area (Å²) in [6.45, 7) is -0.765. The van der Waals surface area contributed by atoms with E-state index in [1.54, 1.807) is 0 Å². The molecule has 0 heterocycles. The van der Waals surface area contributed by atoms with Crippen LogP contribution in [0.1, 0.15) is 38.5 Å². The monoisotopic (exact) mass is 338 g/mol. The van der Waals surface area contributed by atoms with Crippen molar-refractivity contribution < 1.29 is 28.5 Å². The van der Waals surface area contributed by atoms with E-state index in [-0.39, 0.29) is 0 Å².